The molecular weight excluding hydrogens is 366 g/mol. The zero-order valence-electron chi connectivity index (χ0n) is 13.8. The van der Waals surface area contributed by atoms with E-state index < -0.39 is 6.61 Å². The third kappa shape index (κ3) is 4.49. The minimum absolute atomic E-state index is 0.0495. The minimum atomic E-state index is -2.94. The van der Waals surface area contributed by atoms with E-state index in [1.54, 1.807) is 25.1 Å². The molecule has 0 radical (unpaired) electrons. The summed E-state index contributed by atoms with van der Waals surface area (Å²) in [5, 5.41) is 8.67. The zero-order valence-corrected chi connectivity index (χ0v) is 14.5. The largest absolute Gasteiger partial charge is 0.490 e. The van der Waals surface area contributed by atoms with Gasteiger partial charge in [0.1, 0.15) is 0 Å². The third-order valence-electron chi connectivity index (χ3n) is 3.44. The van der Waals surface area contributed by atoms with Gasteiger partial charge in [-0.15, -0.1) is 10.2 Å². The Morgan fingerprint density at radius 2 is 1.85 bits per heavy atom. The van der Waals surface area contributed by atoms with E-state index in [1.165, 1.54) is 12.1 Å². The highest BCUT2D eigenvalue weighted by Crippen LogP contribution is 2.33. The number of benzene rings is 2. The molecule has 0 spiro atoms. The number of nitrogens with zero attached hydrogens (tertiary/aromatic N) is 2. The molecule has 0 aliphatic rings. The van der Waals surface area contributed by atoms with Gasteiger partial charge in [0, 0.05) is 10.6 Å². The van der Waals surface area contributed by atoms with Crippen molar-refractivity contribution in [2.45, 2.75) is 20.0 Å². The van der Waals surface area contributed by atoms with Crippen molar-refractivity contribution in [2.75, 3.05) is 6.61 Å². The molecule has 0 unspecified atom stereocenters. The topological polar surface area (TPSA) is 57.4 Å². The highest BCUT2D eigenvalue weighted by atomic mass is 35.5. The van der Waals surface area contributed by atoms with Gasteiger partial charge in [-0.2, -0.15) is 8.78 Å². The fourth-order valence-corrected chi connectivity index (χ4v) is 2.45. The molecule has 136 valence electrons. The molecule has 8 heteroatoms. The van der Waals surface area contributed by atoms with E-state index >= 15 is 0 Å². The first-order valence-corrected chi connectivity index (χ1v) is 8.22. The number of hydrogen-bond acceptors (Lipinski definition) is 5. The van der Waals surface area contributed by atoms with Gasteiger partial charge in [-0.25, -0.2) is 0 Å². The Labute approximate surface area is 153 Å². The molecule has 1 heterocycles. The van der Waals surface area contributed by atoms with Crippen LogP contribution in [0.5, 0.6) is 11.5 Å². The van der Waals surface area contributed by atoms with Gasteiger partial charge in [0.25, 0.3) is 0 Å². The quantitative estimate of drug-likeness (QED) is 0.578. The van der Waals surface area contributed by atoms with Crippen LogP contribution in [0.15, 0.2) is 46.9 Å². The Hall–Kier alpha value is -2.67. The first-order valence-electron chi connectivity index (χ1n) is 7.84. The molecule has 2 aromatic carbocycles. The lowest BCUT2D eigenvalue weighted by Gasteiger charge is -2.11. The van der Waals surface area contributed by atoms with E-state index in [-0.39, 0.29) is 17.4 Å². The van der Waals surface area contributed by atoms with Gasteiger partial charge in [0.05, 0.1) is 13.0 Å². The average Bonchev–Trinajstić information content (AvgIpc) is 3.07. The fraction of sp³-hybridized carbons (Fsp3) is 0.222. The highest BCUT2D eigenvalue weighted by molar-refractivity contribution is 6.30. The van der Waals surface area contributed by atoms with E-state index in [0.29, 0.717) is 29.5 Å². The molecule has 0 bridgehead atoms. The zero-order chi connectivity index (χ0) is 18.5. The van der Waals surface area contributed by atoms with Crippen LogP contribution in [0.25, 0.3) is 11.5 Å². The number of rotatable bonds is 7. The molecule has 0 fully saturated rings. The van der Waals surface area contributed by atoms with E-state index in [1.807, 2.05) is 12.1 Å². The predicted octanol–water partition coefficient (Wildman–Crippen LogP) is 4.98. The Morgan fingerprint density at radius 1 is 1.08 bits per heavy atom. The van der Waals surface area contributed by atoms with Crippen LogP contribution in [0.1, 0.15) is 18.4 Å². The summed E-state index contributed by atoms with van der Waals surface area (Å²) in [4.78, 5) is 0. The molecule has 1 aromatic heterocycles. The lowest BCUT2D eigenvalue weighted by atomic mass is 10.1. The smallest absolute Gasteiger partial charge is 0.387 e. The molecule has 26 heavy (non-hydrogen) atoms. The van der Waals surface area contributed by atoms with Crippen molar-refractivity contribution in [3.8, 4) is 23.0 Å². The van der Waals surface area contributed by atoms with Crippen LogP contribution >= 0.6 is 11.6 Å². The van der Waals surface area contributed by atoms with Crippen molar-refractivity contribution in [2.24, 2.45) is 0 Å². The van der Waals surface area contributed by atoms with Gasteiger partial charge in [-0.1, -0.05) is 23.7 Å². The molecule has 0 saturated carbocycles. The van der Waals surface area contributed by atoms with Crippen molar-refractivity contribution < 1.29 is 22.7 Å². The molecule has 0 amide bonds. The molecule has 3 aromatic rings. The van der Waals surface area contributed by atoms with Crippen molar-refractivity contribution in [3.05, 3.63) is 58.9 Å². The Bertz CT molecular complexity index is 869. The van der Waals surface area contributed by atoms with Gasteiger partial charge in [0.2, 0.25) is 11.8 Å². The summed E-state index contributed by atoms with van der Waals surface area (Å²) in [6.45, 7) is -0.890. The first kappa shape index (κ1) is 18.1. The standard InChI is InChI=1S/C18H15ClF2N2O3/c1-2-24-15-10-12(5-8-14(15)25-18(20)21)17-23-22-16(26-17)9-11-3-6-13(19)7-4-11/h3-8,10,18H,2,9H2,1H3. The maximum absolute atomic E-state index is 12.5. The maximum atomic E-state index is 12.5. The number of halogens is 3. The average molecular weight is 381 g/mol. The predicted molar refractivity (Wildman–Crippen MR) is 91.8 cm³/mol. The Balaban J connectivity index is 1.81. The van der Waals surface area contributed by atoms with Gasteiger partial charge >= 0.3 is 6.61 Å². The van der Waals surface area contributed by atoms with Crippen LogP contribution in [0.3, 0.4) is 0 Å². The lowest BCUT2D eigenvalue weighted by Crippen LogP contribution is -2.04. The van der Waals surface area contributed by atoms with E-state index in [4.69, 9.17) is 20.8 Å². The van der Waals surface area contributed by atoms with Crippen LogP contribution in [-0.4, -0.2) is 23.4 Å². The summed E-state index contributed by atoms with van der Waals surface area (Å²) in [6, 6.07) is 11.8. The maximum Gasteiger partial charge on any atom is 0.387 e. The lowest BCUT2D eigenvalue weighted by molar-refractivity contribution is -0.0514. The summed E-state index contributed by atoms with van der Waals surface area (Å²) in [5.41, 5.74) is 1.52. The second-order valence-corrected chi connectivity index (χ2v) is 5.71. The summed E-state index contributed by atoms with van der Waals surface area (Å²) < 4.78 is 40.4. The van der Waals surface area contributed by atoms with E-state index in [9.17, 15) is 8.78 Å². The molecule has 0 N–H and O–H groups in total. The highest BCUT2D eigenvalue weighted by Gasteiger charge is 2.15. The third-order valence-corrected chi connectivity index (χ3v) is 3.69. The van der Waals surface area contributed by atoms with E-state index in [0.717, 1.165) is 5.56 Å². The Morgan fingerprint density at radius 3 is 2.54 bits per heavy atom. The second-order valence-electron chi connectivity index (χ2n) is 5.28. The minimum Gasteiger partial charge on any atom is -0.490 e. The monoisotopic (exact) mass is 380 g/mol. The van der Waals surface area contributed by atoms with Crippen molar-refractivity contribution >= 4 is 11.6 Å². The van der Waals surface area contributed by atoms with Crippen molar-refractivity contribution in [1.82, 2.24) is 10.2 Å². The van der Waals surface area contributed by atoms with Crippen LogP contribution < -0.4 is 9.47 Å². The molecule has 0 aliphatic carbocycles. The fourth-order valence-electron chi connectivity index (χ4n) is 2.32. The second kappa shape index (κ2) is 8.14. The summed E-state index contributed by atoms with van der Waals surface area (Å²) in [5.74, 6) is 0.820. The van der Waals surface area contributed by atoms with Gasteiger partial charge < -0.3 is 13.9 Å². The summed E-state index contributed by atoms with van der Waals surface area (Å²) in [6.07, 6.45) is 0.453. The summed E-state index contributed by atoms with van der Waals surface area (Å²) >= 11 is 5.86. The molecule has 0 aliphatic heterocycles. The van der Waals surface area contributed by atoms with Crippen LogP contribution in [0.4, 0.5) is 8.78 Å². The normalized spacial score (nSPS) is 11.0. The molecule has 0 saturated heterocycles. The number of hydrogen-bond donors (Lipinski definition) is 0. The molecule has 5 nitrogen and oxygen atoms in total. The molecular formula is C18H15ClF2N2O3. The molecule has 0 atom stereocenters. The Kier molecular flexibility index (Phi) is 5.68. The summed E-state index contributed by atoms with van der Waals surface area (Å²) in [7, 11) is 0. The van der Waals surface area contributed by atoms with E-state index in [2.05, 4.69) is 14.9 Å². The number of ether oxygens (including phenoxy) is 2. The van der Waals surface area contributed by atoms with Gasteiger partial charge in [-0.05, 0) is 42.8 Å². The van der Waals surface area contributed by atoms with Crippen LogP contribution in [-0.2, 0) is 6.42 Å². The van der Waals surface area contributed by atoms with Crippen LogP contribution in [0, 0.1) is 0 Å². The van der Waals surface area contributed by atoms with Crippen molar-refractivity contribution in [3.63, 3.8) is 0 Å². The number of aromatic nitrogens is 2. The number of alkyl halides is 2. The van der Waals surface area contributed by atoms with Crippen molar-refractivity contribution in [1.29, 1.82) is 0 Å². The van der Waals surface area contributed by atoms with Gasteiger partial charge in [-0.3, -0.25) is 0 Å². The van der Waals surface area contributed by atoms with Gasteiger partial charge in [0.15, 0.2) is 11.5 Å². The first-order chi connectivity index (χ1) is 12.5. The van der Waals surface area contributed by atoms with Crippen LogP contribution in [0.2, 0.25) is 5.02 Å². The SMILES string of the molecule is CCOc1cc(-c2nnc(Cc3ccc(Cl)cc3)o2)ccc1OC(F)F. The molecule has 3 rings (SSSR count).